The minimum Gasteiger partial charge on any atom is -0.507 e. The molecule has 1 heterocycles. The summed E-state index contributed by atoms with van der Waals surface area (Å²) < 4.78 is 5.15. The normalized spacial score (nSPS) is 11.0. The summed E-state index contributed by atoms with van der Waals surface area (Å²) in [6.45, 7) is 3.91. The van der Waals surface area contributed by atoms with E-state index in [9.17, 15) is 19.8 Å². The molecule has 0 aliphatic rings. The van der Waals surface area contributed by atoms with Gasteiger partial charge in [0.25, 0.3) is 0 Å². The molecule has 0 saturated carbocycles. The summed E-state index contributed by atoms with van der Waals surface area (Å²) in [4.78, 5) is 24.1. The Morgan fingerprint density at radius 3 is 2.50 bits per heavy atom. The van der Waals surface area contributed by atoms with Crippen LogP contribution in [0.2, 0.25) is 0 Å². The van der Waals surface area contributed by atoms with E-state index in [4.69, 9.17) is 4.42 Å². The Morgan fingerprint density at radius 1 is 1.14 bits per heavy atom. The van der Waals surface area contributed by atoms with E-state index in [1.807, 2.05) is 13.8 Å². The fourth-order valence-corrected chi connectivity index (χ4v) is 2.59. The maximum absolute atomic E-state index is 12.3. The van der Waals surface area contributed by atoms with Crippen LogP contribution < -0.4 is 5.63 Å². The van der Waals surface area contributed by atoms with Crippen LogP contribution in [0.4, 0.5) is 0 Å². The van der Waals surface area contributed by atoms with Crippen LogP contribution in [0.25, 0.3) is 11.0 Å². The van der Waals surface area contributed by atoms with Gasteiger partial charge in [0.2, 0.25) is 0 Å². The van der Waals surface area contributed by atoms with Crippen LogP contribution in [-0.2, 0) is 6.42 Å². The molecular weight excluding hydrogens is 284 g/mol. The van der Waals surface area contributed by atoms with Crippen molar-refractivity contribution in [1.29, 1.82) is 0 Å². The van der Waals surface area contributed by atoms with Crippen LogP contribution in [0.5, 0.6) is 11.5 Å². The Kier molecular flexibility index (Phi) is 4.85. The third-order valence-corrected chi connectivity index (χ3v) is 3.61. The summed E-state index contributed by atoms with van der Waals surface area (Å²) in [7, 11) is 0. The van der Waals surface area contributed by atoms with E-state index in [1.54, 1.807) is 0 Å². The minimum atomic E-state index is -0.592. The van der Waals surface area contributed by atoms with Gasteiger partial charge in [0, 0.05) is 18.6 Å². The molecule has 0 atom stereocenters. The maximum atomic E-state index is 12.3. The van der Waals surface area contributed by atoms with Crippen molar-refractivity contribution < 1.29 is 19.4 Å². The lowest BCUT2D eigenvalue weighted by Gasteiger charge is -2.11. The van der Waals surface area contributed by atoms with Crippen LogP contribution in [0.3, 0.4) is 0 Å². The molecule has 5 heteroatoms. The number of carbonyl (C=O) groups excluding carboxylic acids is 1. The van der Waals surface area contributed by atoms with E-state index >= 15 is 0 Å². The predicted octanol–water partition coefficient (Wildman–Crippen LogP) is 3.53. The zero-order valence-corrected chi connectivity index (χ0v) is 12.8. The molecule has 0 fully saturated rings. The first-order valence-electron chi connectivity index (χ1n) is 7.54. The minimum absolute atomic E-state index is 0.0173. The monoisotopic (exact) mass is 304 g/mol. The average molecular weight is 304 g/mol. The second kappa shape index (κ2) is 6.64. The van der Waals surface area contributed by atoms with Crippen LogP contribution in [0, 0.1) is 0 Å². The van der Waals surface area contributed by atoms with Gasteiger partial charge in [-0.25, -0.2) is 4.79 Å². The first kappa shape index (κ1) is 16.1. The SMILES string of the molecule is CCCCC(=O)c1c(O)cc(O)c2c(CCC)cc(=O)oc12. The van der Waals surface area contributed by atoms with Crippen LogP contribution in [0.15, 0.2) is 21.3 Å². The molecule has 0 radical (unpaired) electrons. The topological polar surface area (TPSA) is 87.7 Å². The molecule has 1 aromatic carbocycles. The molecule has 118 valence electrons. The van der Waals surface area contributed by atoms with E-state index in [1.165, 1.54) is 6.07 Å². The molecule has 5 nitrogen and oxygen atoms in total. The fourth-order valence-electron chi connectivity index (χ4n) is 2.59. The quantitative estimate of drug-likeness (QED) is 0.629. The number of rotatable bonds is 6. The van der Waals surface area contributed by atoms with E-state index in [-0.39, 0.29) is 34.8 Å². The zero-order chi connectivity index (χ0) is 16.3. The van der Waals surface area contributed by atoms with Gasteiger partial charge >= 0.3 is 5.63 Å². The molecule has 0 bridgehead atoms. The number of aromatic hydroxyl groups is 2. The number of ketones is 1. The van der Waals surface area contributed by atoms with Gasteiger partial charge in [0.05, 0.1) is 5.39 Å². The van der Waals surface area contributed by atoms with E-state index < -0.39 is 5.63 Å². The second-order valence-corrected chi connectivity index (χ2v) is 5.36. The molecule has 2 N–H and O–H groups in total. The first-order chi connectivity index (χ1) is 10.5. The van der Waals surface area contributed by atoms with Crippen molar-refractivity contribution >= 4 is 16.8 Å². The van der Waals surface area contributed by atoms with Gasteiger partial charge in [-0.3, -0.25) is 4.79 Å². The highest BCUT2D eigenvalue weighted by atomic mass is 16.4. The number of aryl methyl sites for hydroxylation is 1. The Labute approximate surface area is 128 Å². The molecular formula is C17H20O5. The number of Topliss-reactive ketones (excluding diaryl/α,β-unsaturated/α-hetero) is 1. The Balaban J connectivity index is 2.76. The Bertz CT molecular complexity index is 758. The van der Waals surface area contributed by atoms with E-state index in [0.29, 0.717) is 23.8 Å². The van der Waals surface area contributed by atoms with Crippen molar-refractivity contribution in [2.24, 2.45) is 0 Å². The van der Waals surface area contributed by atoms with Crippen molar-refractivity contribution in [3.05, 3.63) is 33.7 Å². The molecule has 0 aliphatic heterocycles. The van der Waals surface area contributed by atoms with Gasteiger partial charge < -0.3 is 14.6 Å². The van der Waals surface area contributed by atoms with Gasteiger partial charge in [0.15, 0.2) is 11.4 Å². The summed E-state index contributed by atoms with van der Waals surface area (Å²) in [5, 5.41) is 20.5. The number of benzene rings is 1. The summed E-state index contributed by atoms with van der Waals surface area (Å²) in [6.07, 6.45) is 3.12. The average Bonchev–Trinajstić information content (AvgIpc) is 2.44. The smallest absolute Gasteiger partial charge is 0.336 e. The molecule has 22 heavy (non-hydrogen) atoms. The summed E-state index contributed by atoms with van der Waals surface area (Å²) in [5.41, 5.74) is -0.00728. The summed E-state index contributed by atoms with van der Waals surface area (Å²) in [5.74, 6) is -0.837. The number of phenolic OH excluding ortho intramolecular Hbond substituents is 2. The lowest BCUT2D eigenvalue weighted by Crippen LogP contribution is -2.06. The molecule has 0 saturated heterocycles. The lowest BCUT2D eigenvalue weighted by molar-refractivity contribution is 0.0977. The van der Waals surface area contributed by atoms with Gasteiger partial charge in [-0.2, -0.15) is 0 Å². The number of unbranched alkanes of at least 4 members (excludes halogenated alkanes) is 1. The molecule has 0 amide bonds. The Hall–Kier alpha value is -2.30. The third-order valence-electron chi connectivity index (χ3n) is 3.61. The first-order valence-corrected chi connectivity index (χ1v) is 7.54. The highest BCUT2D eigenvalue weighted by molar-refractivity contribution is 6.10. The van der Waals surface area contributed by atoms with Gasteiger partial charge in [-0.05, 0) is 18.4 Å². The molecule has 0 spiro atoms. The van der Waals surface area contributed by atoms with Crippen LogP contribution in [0.1, 0.15) is 55.5 Å². The fraction of sp³-hybridized carbons (Fsp3) is 0.412. The van der Waals surface area contributed by atoms with Crippen molar-refractivity contribution in [3.63, 3.8) is 0 Å². The highest BCUT2D eigenvalue weighted by Gasteiger charge is 2.22. The largest absolute Gasteiger partial charge is 0.507 e. The standard InChI is InChI=1S/C17H20O5/c1-3-5-7-11(18)16-13(20)9-12(19)15-10(6-4-2)8-14(21)22-17(15)16/h8-9,19-20H,3-7H2,1-2H3. The number of carbonyl (C=O) groups is 1. The van der Waals surface area contributed by atoms with Crippen molar-refractivity contribution in [2.45, 2.75) is 46.0 Å². The zero-order valence-electron chi connectivity index (χ0n) is 12.8. The van der Waals surface area contributed by atoms with Crippen LogP contribution in [-0.4, -0.2) is 16.0 Å². The maximum Gasteiger partial charge on any atom is 0.336 e. The molecule has 1 aromatic heterocycles. The van der Waals surface area contributed by atoms with Gasteiger partial charge in [0.1, 0.15) is 17.1 Å². The summed E-state index contributed by atoms with van der Waals surface area (Å²) in [6, 6.07) is 2.46. The lowest BCUT2D eigenvalue weighted by atomic mass is 9.97. The molecule has 2 aromatic rings. The van der Waals surface area contributed by atoms with Crippen molar-refractivity contribution in [3.8, 4) is 11.5 Å². The summed E-state index contributed by atoms with van der Waals surface area (Å²) >= 11 is 0. The van der Waals surface area contributed by atoms with E-state index in [0.717, 1.165) is 18.9 Å². The molecule has 2 rings (SSSR count). The van der Waals surface area contributed by atoms with Crippen molar-refractivity contribution in [2.75, 3.05) is 0 Å². The number of phenols is 2. The molecule has 0 unspecified atom stereocenters. The number of hydrogen-bond acceptors (Lipinski definition) is 5. The van der Waals surface area contributed by atoms with Gasteiger partial charge in [-0.1, -0.05) is 26.7 Å². The highest BCUT2D eigenvalue weighted by Crippen LogP contribution is 2.37. The van der Waals surface area contributed by atoms with Crippen molar-refractivity contribution in [1.82, 2.24) is 0 Å². The second-order valence-electron chi connectivity index (χ2n) is 5.36. The van der Waals surface area contributed by atoms with Crippen LogP contribution >= 0.6 is 0 Å². The van der Waals surface area contributed by atoms with E-state index in [2.05, 4.69) is 0 Å². The molecule has 0 aliphatic carbocycles. The predicted molar refractivity (Wildman–Crippen MR) is 83.7 cm³/mol. The Morgan fingerprint density at radius 2 is 1.86 bits per heavy atom. The van der Waals surface area contributed by atoms with Gasteiger partial charge in [-0.15, -0.1) is 0 Å². The number of fused-ring (bicyclic) bond motifs is 1. The number of hydrogen-bond donors (Lipinski definition) is 2. The third kappa shape index (κ3) is 2.98.